The highest BCUT2D eigenvalue weighted by atomic mass is 19.1. The van der Waals surface area contributed by atoms with Crippen LogP contribution in [-0.4, -0.2) is 19.5 Å². The predicted octanol–water partition coefficient (Wildman–Crippen LogP) is 3.04. The van der Waals surface area contributed by atoms with E-state index in [1.54, 1.807) is 12.4 Å². The normalized spacial score (nSPS) is 11.4. The number of aromatic amines is 1. The minimum atomic E-state index is -0.279. The highest BCUT2D eigenvalue weighted by Gasteiger charge is 2.08. The number of nitrogens with zero attached hydrogens (tertiary/aromatic N) is 3. The van der Waals surface area contributed by atoms with Crippen LogP contribution >= 0.6 is 0 Å². The van der Waals surface area contributed by atoms with Gasteiger partial charge in [0.2, 0.25) is 5.95 Å². The van der Waals surface area contributed by atoms with E-state index in [4.69, 9.17) is 0 Å². The topological polar surface area (TPSA) is 46.5 Å². The van der Waals surface area contributed by atoms with Crippen LogP contribution in [0.15, 0.2) is 48.8 Å². The molecule has 4 nitrogen and oxygen atoms in total. The second-order valence-electron chi connectivity index (χ2n) is 4.33. The summed E-state index contributed by atoms with van der Waals surface area (Å²) >= 11 is 0. The molecular weight excluding hydrogens is 243 g/mol. The van der Waals surface area contributed by atoms with Crippen LogP contribution in [-0.2, 0) is 0 Å². The Morgan fingerprint density at radius 3 is 2.89 bits per heavy atom. The number of para-hydroxylation sites is 2. The molecule has 0 fully saturated rings. The van der Waals surface area contributed by atoms with Crippen molar-refractivity contribution in [1.82, 2.24) is 19.5 Å². The first kappa shape index (κ1) is 10.3. The van der Waals surface area contributed by atoms with Crippen LogP contribution < -0.4 is 0 Å². The lowest BCUT2D eigenvalue weighted by atomic mass is 10.3. The number of hydrogen-bond acceptors (Lipinski definition) is 2. The molecule has 0 amide bonds. The number of H-pyrrole nitrogens is 1. The average molecular weight is 252 g/mol. The SMILES string of the molecule is Fc1ccc2nc(-n3cnc4ccccc43)[nH]c2c1. The molecule has 4 aromatic rings. The lowest BCUT2D eigenvalue weighted by Gasteiger charge is -1.97. The Labute approximate surface area is 107 Å². The summed E-state index contributed by atoms with van der Waals surface area (Å²) < 4.78 is 15.0. The van der Waals surface area contributed by atoms with E-state index in [2.05, 4.69) is 15.0 Å². The molecule has 2 heterocycles. The minimum absolute atomic E-state index is 0.279. The van der Waals surface area contributed by atoms with Gasteiger partial charge in [-0.05, 0) is 30.3 Å². The largest absolute Gasteiger partial charge is 0.323 e. The van der Waals surface area contributed by atoms with E-state index in [9.17, 15) is 4.39 Å². The van der Waals surface area contributed by atoms with Crippen molar-refractivity contribution in [3.05, 3.63) is 54.6 Å². The summed E-state index contributed by atoms with van der Waals surface area (Å²) in [5, 5.41) is 0. The predicted molar refractivity (Wildman–Crippen MR) is 70.7 cm³/mol. The smallest absolute Gasteiger partial charge is 0.213 e. The molecule has 19 heavy (non-hydrogen) atoms. The third-order valence-electron chi connectivity index (χ3n) is 3.11. The number of nitrogens with one attached hydrogen (secondary N) is 1. The fourth-order valence-corrected chi connectivity index (χ4v) is 2.21. The molecule has 0 aliphatic heterocycles. The summed E-state index contributed by atoms with van der Waals surface area (Å²) in [5.41, 5.74) is 3.26. The summed E-state index contributed by atoms with van der Waals surface area (Å²) in [6.45, 7) is 0. The van der Waals surface area contributed by atoms with Gasteiger partial charge in [-0.2, -0.15) is 0 Å². The molecule has 0 aliphatic rings. The summed E-state index contributed by atoms with van der Waals surface area (Å²) in [6, 6.07) is 12.3. The van der Waals surface area contributed by atoms with Crippen LogP contribution in [0.25, 0.3) is 28.0 Å². The molecule has 0 saturated carbocycles. The lowest BCUT2D eigenvalue weighted by molar-refractivity contribution is 0.629. The zero-order chi connectivity index (χ0) is 12.8. The maximum atomic E-state index is 13.2. The van der Waals surface area contributed by atoms with Gasteiger partial charge in [0.1, 0.15) is 12.1 Å². The van der Waals surface area contributed by atoms with Crippen LogP contribution in [0.1, 0.15) is 0 Å². The van der Waals surface area contributed by atoms with Crippen molar-refractivity contribution in [2.45, 2.75) is 0 Å². The molecule has 0 radical (unpaired) electrons. The van der Waals surface area contributed by atoms with E-state index in [0.717, 1.165) is 16.6 Å². The van der Waals surface area contributed by atoms with Gasteiger partial charge in [0.05, 0.1) is 22.1 Å². The zero-order valence-corrected chi connectivity index (χ0v) is 9.84. The van der Waals surface area contributed by atoms with Crippen LogP contribution in [0.2, 0.25) is 0 Å². The van der Waals surface area contributed by atoms with Crippen molar-refractivity contribution >= 4 is 22.1 Å². The second kappa shape index (κ2) is 3.65. The molecular formula is C14H9FN4. The molecule has 2 aromatic heterocycles. The highest BCUT2D eigenvalue weighted by Crippen LogP contribution is 2.19. The molecule has 2 aromatic carbocycles. The average Bonchev–Trinajstić information content (AvgIpc) is 3.00. The number of fused-ring (bicyclic) bond motifs is 2. The lowest BCUT2D eigenvalue weighted by Crippen LogP contribution is -1.93. The van der Waals surface area contributed by atoms with Crippen LogP contribution in [0.5, 0.6) is 0 Å². The van der Waals surface area contributed by atoms with Gasteiger partial charge in [-0.1, -0.05) is 12.1 Å². The number of benzene rings is 2. The number of hydrogen-bond donors (Lipinski definition) is 1. The Balaban J connectivity index is 1.99. The van der Waals surface area contributed by atoms with Crippen molar-refractivity contribution in [2.75, 3.05) is 0 Å². The molecule has 0 atom stereocenters. The van der Waals surface area contributed by atoms with E-state index < -0.39 is 0 Å². The van der Waals surface area contributed by atoms with Gasteiger partial charge in [-0.15, -0.1) is 0 Å². The first-order valence-electron chi connectivity index (χ1n) is 5.89. The Kier molecular flexibility index (Phi) is 1.97. The van der Waals surface area contributed by atoms with Gasteiger partial charge in [0.15, 0.2) is 0 Å². The monoisotopic (exact) mass is 252 g/mol. The van der Waals surface area contributed by atoms with Crippen molar-refractivity contribution in [3.63, 3.8) is 0 Å². The van der Waals surface area contributed by atoms with E-state index in [1.165, 1.54) is 12.1 Å². The third-order valence-corrected chi connectivity index (χ3v) is 3.11. The van der Waals surface area contributed by atoms with Gasteiger partial charge in [-0.25, -0.2) is 14.4 Å². The standard InChI is InChI=1S/C14H9FN4/c15-9-5-6-10-12(7-9)18-14(17-10)19-8-16-11-3-1-2-4-13(11)19/h1-8H,(H,17,18). The van der Waals surface area contributed by atoms with Gasteiger partial charge in [-0.3, -0.25) is 4.57 Å². The number of aromatic nitrogens is 4. The summed E-state index contributed by atoms with van der Waals surface area (Å²) in [5.74, 6) is 0.354. The third kappa shape index (κ3) is 1.52. The van der Waals surface area contributed by atoms with E-state index >= 15 is 0 Å². The maximum absolute atomic E-state index is 13.2. The van der Waals surface area contributed by atoms with Gasteiger partial charge in [0, 0.05) is 0 Å². The highest BCUT2D eigenvalue weighted by molar-refractivity contribution is 5.79. The molecule has 0 unspecified atom stereocenters. The Morgan fingerprint density at radius 2 is 1.95 bits per heavy atom. The van der Waals surface area contributed by atoms with Crippen molar-refractivity contribution in [3.8, 4) is 5.95 Å². The van der Waals surface area contributed by atoms with E-state index in [0.29, 0.717) is 11.5 Å². The minimum Gasteiger partial charge on any atom is -0.323 e. The fourth-order valence-electron chi connectivity index (χ4n) is 2.21. The Morgan fingerprint density at radius 1 is 1.05 bits per heavy atom. The molecule has 0 saturated heterocycles. The molecule has 5 heteroatoms. The Bertz CT molecular complexity index is 891. The number of rotatable bonds is 1. The van der Waals surface area contributed by atoms with Crippen molar-refractivity contribution < 1.29 is 4.39 Å². The molecule has 0 bridgehead atoms. The van der Waals surface area contributed by atoms with Crippen molar-refractivity contribution in [1.29, 1.82) is 0 Å². The zero-order valence-electron chi connectivity index (χ0n) is 9.84. The van der Waals surface area contributed by atoms with Crippen LogP contribution in [0.4, 0.5) is 4.39 Å². The summed E-state index contributed by atoms with van der Waals surface area (Å²) in [4.78, 5) is 11.9. The van der Waals surface area contributed by atoms with Crippen LogP contribution in [0.3, 0.4) is 0 Å². The number of imidazole rings is 2. The van der Waals surface area contributed by atoms with E-state index in [1.807, 2.05) is 28.8 Å². The van der Waals surface area contributed by atoms with Gasteiger partial charge < -0.3 is 4.98 Å². The molecule has 0 spiro atoms. The van der Waals surface area contributed by atoms with E-state index in [-0.39, 0.29) is 5.82 Å². The van der Waals surface area contributed by atoms with Gasteiger partial charge >= 0.3 is 0 Å². The summed E-state index contributed by atoms with van der Waals surface area (Å²) in [7, 11) is 0. The molecule has 1 N–H and O–H groups in total. The molecule has 4 rings (SSSR count). The quantitative estimate of drug-likeness (QED) is 0.566. The summed E-state index contributed by atoms with van der Waals surface area (Å²) in [6.07, 6.45) is 1.71. The number of halogens is 1. The van der Waals surface area contributed by atoms with Crippen LogP contribution in [0, 0.1) is 5.82 Å². The first-order chi connectivity index (χ1) is 9.31. The first-order valence-corrected chi connectivity index (χ1v) is 5.89. The fraction of sp³-hybridized carbons (Fsp3) is 0. The molecule has 0 aliphatic carbocycles. The van der Waals surface area contributed by atoms with Crippen molar-refractivity contribution in [2.24, 2.45) is 0 Å². The second-order valence-corrected chi connectivity index (χ2v) is 4.33. The van der Waals surface area contributed by atoms with Gasteiger partial charge in [0.25, 0.3) is 0 Å². The molecule has 92 valence electrons. The Hall–Kier alpha value is -2.69. The maximum Gasteiger partial charge on any atom is 0.213 e.